The van der Waals surface area contributed by atoms with Crippen molar-refractivity contribution in [2.75, 3.05) is 6.54 Å². The third kappa shape index (κ3) is 4.75. The van der Waals surface area contributed by atoms with Crippen LogP contribution in [-0.4, -0.2) is 18.7 Å². The van der Waals surface area contributed by atoms with E-state index < -0.39 is 6.09 Å². The molecule has 0 spiro atoms. The van der Waals surface area contributed by atoms with E-state index in [0.717, 1.165) is 17.9 Å². The van der Waals surface area contributed by atoms with Gasteiger partial charge in [-0.1, -0.05) is 43.2 Å². The molecule has 1 aromatic carbocycles. The molecule has 1 aliphatic rings. The predicted molar refractivity (Wildman–Crippen MR) is 69.9 cm³/mol. The number of carbonyl (C=O) groups excluding carboxylic acids is 1. The highest BCUT2D eigenvalue weighted by atomic mass is 16.5. The van der Waals surface area contributed by atoms with E-state index in [-0.39, 0.29) is 6.04 Å². The van der Waals surface area contributed by atoms with Crippen LogP contribution in [0.5, 0.6) is 0 Å². The lowest BCUT2D eigenvalue weighted by Gasteiger charge is -2.12. The topological polar surface area (TPSA) is 64.3 Å². The van der Waals surface area contributed by atoms with E-state index in [1.807, 2.05) is 30.3 Å². The van der Waals surface area contributed by atoms with Crippen LogP contribution in [0.15, 0.2) is 30.3 Å². The molecule has 2 rings (SSSR count). The van der Waals surface area contributed by atoms with Crippen molar-refractivity contribution in [2.45, 2.75) is 31.9 Å². The fourth-order valence-corrected chi connectivity index (χ4v) is 1.85. The predicted octanol–water partition coefficient (Wildman–Crippen LogP) is 2.04. The van der Waals surface area contributed by atoms with Crippen LogP contribution in [0.4, 0.5) is 4.79 Å². The van der Waals surface area contributed by atoms with Gasteiger partial charge in [0.05, 0.1) is 0 Å². The van der Waals surface area contributed by atoms with Crippen molar-refractivity contribution in [2.24, 2.45) is 11.7 Å². The first kappa shape index (κ1) is 12.9. The molecule has 0 bridgehead atoms. The Kier molecular flexibility index (Phi) is 4.59. The van der Waals surface area contributed by atoms with Crippen molar-refractivity contribution in [3.63, 3.8) is 0 Å². The number of carbonyl (C=O) groups is 1. The number of nitrogens with one attached hydrogen (secondary N) is 1. The SMILES string of the molecule is N[C@@H](CNC(=O)OCc1ccccc1)CC1CC1. The van der Waals surface area contributed by atoms with Gasteiger partial charge < -0.3 is 15.8 Å². The molecule has 0 saturated heterocycles. The third-order valence-corrected chi connectivity index (χ3v) is 3.05. The number of hydrogen-bond acceptors (Lipinski definition) is 3. The van der Waals surface area contributed by atoms with Gasteiger partial charge in [0.15, 0.2) is 0 Å². The molecule has 0 heterocycles. The first-order valence-corrected chi connectivity index (χ1v) is 6.44. The minimum atomic E-state index is -0.398. The largest absolute Gasteiger partial charge is 0.445 e. The molecule has 3 N–H and O–H groups in total. The summed E-state index contributed by atoms with van der Waals surface area (Å²) in [4.78, 5) is 11.4. The van der Waals surface area contributed by atoms with Gasteiger partial charge in [0.1, 0.15) is 6.61 Å². The molecule has 0 aliphatic heterocycles. The molecule has 1 aromatic rings. The number of ether oxygens (including phenoxy) is 1. The van der Waals surface area contributed by atoms with E-state index >= 15 is 0 Å². The fourth-order valence-electron chi connectivity index (χ4n) is 1.85. The Bertz CT molecular complexity index is 377. The van der Waals surface area contributed by atoms with Crippen molar-refractivity contribution in [1.82, 2.24) is 5.32 Å². The summed E-state index contributed by atoms with van der Waals surface area (Å²) in [5.41, 5.74) is 6.88. The Labute approximate surface area is 108 Å². The van der Waals surface area contributed by atoms with Crippen molar-refractivity contribution in [3.8, 4) is 0 Å². The van der Waals surface area contributed by atoms with Crippen LogP contribution in [0.3, 0.4) is 0 Å². The maximum Gasteiger partial charge on any atom is 0.407 e. The fraction of sp³-hybridized carbons (Fsp3) is 0.500. The number of rotatable bonds is 6. The number of benzene rings is 1. The van der Waals surface area contributed by atoms with Gasteiger partial charge in [-0.25, -0.2) is 4.79 Å². The summed E-state index contributed by atoms with van der Waals surface area (Å²) in [6.07, 6.45) is 3.17. The van der Waals surface area contributed by atoms with Gasteiger partial charge in [-0.3, -0.25) is 0 Å². The second-order valence-electron chi connectivity index (χ2n) is 4.88. The Hall–Kier alpha value is -1.55. The summed E-state index contributed by atoms with van der Waals surface area (Å²) in [7, 11) is 0. The third-order valence-electron chi connectivity index (χ3n) is 3.05. The van der Waals surface area contributed by atoms with E-state index in [0.29, 0.717) is 13.2 Å². The Morgan fingerprint density at radius 3 is 2.78 bits per heavy atom. The number of alkyl carbamates (subject to hydrolysis) is 1. The van der Waals surface area contributed by atoms with E-state index in [4.69, 9.17) is 10.5 Å². The molecule has 4 nitrogen and oxygen atoms in total. The van der Waals surface area contributed by atoms with Crippen LogP contribution < -0.4 is 11.1 Å². The second kappa shape index (κ2) is 6.40. The maximum absolute atomic E-state index is 11.4. The molecule has 1 aliphatic carbocycles. The van der Waals surface area contributed by atoms with E-state index in [9.17, 15) is 4.79 Å². The van der Waals surface area contributed by atoms with Gasteiger partial charge in [0, 0.05) is 12.6 Å². The van der Waals surface area contributed by atoms with Crippen LogP contribution in [0, 0.1) is 5.92 Å². The van der Waals surface area contributed by atoms with Gasteiger partial charge >= 0.3 is 6.09 Å². The van der Waals surface area contributed by atoms with Crippen LogP contribution in [0.2, 0.25) is 0 Å². The quantitative estimate of drug-likeness (QED) is 0.809. The molecule has 0 aromatic heterocycles. The van der Waals surface area contributed by atoms with Gasteiger partial charge in [-0.2, -0.15) is 0 Å². The summed E-state index contributed by atoms with van der Waals surface area (Å²) in [6.45, 7) is 0.786. The van der Waals surface area contributed by atoms with E-state index in [1.54, 1.807) is 0 Å². The van der Waals surface area contributed by atoms with Crippen LogP contribution in [0.25, 0.3) is 0 Å². The molecule has 0 radical (unpaired) electrons. The summed E-state index contributed by atoms with van der Waals surface area (Å²) in [6, 6.07) is 9.66. The molecular weight excluding hydrogens is 228 g/mol. The summed E-state index contributed by atoms with van der Waals surface area (Å²) >= 11 is 0. The Balaban J connectivity index is 1.59. The van der Waals surface area contributed by atoms with Crippen LogP contribution in [-0.2, 0) is 11.3 Å². The lowest BCUT2D eigenvalue weighted by molar-refractivity contribution is 0.139. The molecule has 4 heteroatoms. The molecule has 98 valence electrons. The minimum absolute atomic E-state index is 0.0433. The Morgan fingerprint density at radius 2 is 2.11 bits per heavy atom. The van der Waals surface area contributed by atoms with Crippen molar-refractivity contribution in [1.29, 1.82) is 0 Å². The summed E-state index contributed by atoms with van der Waals surface area (Å²) < 4.78 is 5.09. The lowest BCUT2D eigenvalue weighted by Crippen LogP contribution is -2.37. The van der Waals surface area contributed by atoms with Crippen molar-refractivity contribution >= 4 is 6.09 Å². The van der Waals surface area contributed by atoms with Crippen molar-refractivity contribution in [3.05, 3.63) is 35.9 Å². The van der Waals surface area contributed by atoms with Gasteiger partial charge in [-0.15, -0.1) is 0 Å². The van der Waals surface area contributed by atoms with Crippen LogP contribution in [0.1, 0.15) is 24.8 Å². The zero-order valence-corrected chi connectivity index (χ0v) is 10.5. The molecule has 1 atom stereocenters. The normalized spacial score (nSPS) is 16.1. The molecule has 0 unspecified atom stereocenters. The van der Waals surface area contributed by atoms with E-state index in [2.05, 4.69) is 5.32 Å². The van der Waals surface area contributed by atoms with Gasteiger partial charge in [-0.05, 0) is 17.9 Å². The second-order valence-corrected chi connectivity index (χ2v) is 4.88. The van der Waals surface area contributed by atoms with Gasteiger partial charge in [0.2, 0.25) is 0 Å². The molecule has 18 heavy (non-hydrogen) atoms. The standard InChI is InChI=1S/C14H20N2O2/c15-13(8-11-6-7-11)9-16-14(17)18-10-12-4-2-1-3-5-12/h1-5,11,13H,6-10,15H2,(H,16,17)/t13-/m1/s1. The highest BCUT2D eigenvalue weighted by molar-refractivity contribution is 5.67. The number of amides is 1. The average Bonchev–Trinajstić information content (AvgIpc) is 3.19. The molecule has 1 fully saturated rings. The first-order chi connectivity index (χ1) is 8.74. The number of nitrogens with two attached hydrogens (primary N) is 1. The molecule has 1 saturated carbocycles. The average molecular weight is 248 g/mol. The zero-order valence-electron chi connectivity index (χ0n) is 10.5. The maximum atomic E-state index is 11.4. The zero-order chi connectivity index (χ0) is 12.8. The molecule has 1 amide bonds. The first-order valence-electron chi connectivity index (χ1n) is 6.44. The highest BCUT2D eigenvalue weighted by Gasteiger charge is 2.23. The minimum Gasteiger partial charge on any atom is -0.445 e. The highest BCUT2D eigenvalue weighted by Crippen LogP contribution is 2.32. The van der Waals surface area contributed by atoms with E-state index in [1.165, 1.54) is 12.8 Å². The van der Waals surface area contributed by atoms with Crippen molar-refractivity contribution < 1.29 is 9.53 Å². The summed E-state index contributed by atoms with van der Waals surface area (Å²) in [5.74, 6) is 0.780. The molecular formula is C14H20N2O2. The lowest BCUT2D eigenvalue weighted by atomic mass is 10.1. The number of hydrogen-bond donors (Lipinski definition) is 2. The van der Waals surface area contributed by atoms with Crippen LogP contribution >= 0.6 is 0 Å². The monoisotopic (exact) mass is 248 g/mol. The Morgan fingerprint density at radius 1 is 1.39 bits per heavy atom. The van der Waals surface area contributed by atoms with Gasteiger partial charge in [0.25, 0.3) is 0 Å². The summed E-state index contributed by atoms with van der Waals surface area (Å²) in [5, 5.41) is 2.70. The smallest absolute Gasteiger partial charge is 0.407 e.